The first-order chi connectivity index (χ1) is 18.4. The highest BCUT2D eigenvalue weighted by Gasteiger charge is 2.58. The van der Waals surface area contributed by atoms with Gasteiger partial charge in [-0.15, -0.1) is 0 Å². The number of ketones is 1. The first kappa shape index (κ1) is 30.0. The summed E-state index contributed by atoms with van der Waals surface area (Å²) in [6, 6.07) is 0. The molecule has 2 unspecified atom stereocenters. The van der Waals surface area contributed by atoms with Gasteiger partial charge in [0, 0.05) is 17.8 Å². The van der Waals surface area contributed by atoms with Gasteiger partial charge in [0.25, 0.3) is 0 Å². The van der Waals surface area contributed by atoms with Crippen molar-refractivity contribution in [1.82, 2.24) is 0 Å². The Hall–Kier alpha value is -1.92. The van der Waals surface area contributed by atoms with Crippen LogP contribution >= 0.6 is 0 Å². The van der Waals surface area contributed by atoms with Crippen LogP contribution in [0.5, 0.6) is 0 Å². The smallest absolute Gasteiger partial charge is 0.311 e. The largest absolute Gasteiger partial charge is 0.462 e. The lowest BCUT2D eigenvalue weighted by Crippen LogP contribution is -2.57. The van der Waals surface area contributed by atoms with Crippen LogP contribution < -0.4 is 0 Å². The fourth-order valence-electron chi connectivity index (χ4n) is 8.22. The van der Waals surface area contributed by atoms with Gasteiger partial charge in [0.15, 0.2) is 0 Å². The fraction of sp³-hybridized carbons (Fsp3) is 0.875. The highest BCUT2D eigenvalue weighted by Crippen LogP contribution is 2.64. The molecule has 2 atom stereocenters. The summed E-state index contributed by atoms with van der Waals surface area (Å²) < 4.78 is 16.8. The summed E-state index contributed by atoms with van der Waals surface area (Å²) in [6.07, 6.45) is 11.2. The molecule has 7 nitrogen and oxygen atoms in total. The number of esters is 3. The lowest BCUT2D eigenvalue weighted by atomic mass is 9.46. The van der Waals surface area contributed by atoms with Gasteiger partial charge in [-0.25, -0.2) is 0 Å². The van der Waals surface area contributed by atoms with E-state index < -0.39 is 28.8 Å². The second-order valence-corrected chi connectivity index (χ2v) is 14.2. The molecule has 0 heterocycles. The topological polar surface area (TPSA) is 96.0 Å². The summed E-state index contributed by atoms with van der Waals surface area (Å²) in [7, 11) is 0. The predicted octanol–water partition coefficient (Wildman–Crippen LogP) is 6.20. The first-order valence-corrected chi connectivity index (χ1v) is 15.4. The van der Waals surface area contributed by atoms with Crippen LogP contribution in [0.4, 0.5) is 0 Å². The quantitative estimate of drug-likeness (QED) is 0.163. The van der Waals surface area contributed by atoms with E-state index in [1.807, 2.05) is 20.8 Å². The Kier molecular flexibility index (Phi) is 9.17. The zero-order valence-electron chi connectivity index (χ0n) is 24.9. The van der Waals surface area contributed by atoms with Gasteiger partial charge in [0.1, 0.15) is 24.6 Å². The Bertz CT molecular complexity index is 898. The molecule has 5 rings (SSSR count). The van der Waals surface area contributed by atoms with Crippen LogP contribution in [0.1, 0.15) is 118 Å². The zero-order chi connectivity index (χ0) is 28.4. The van der Waals surface area contributed by atoms with Gasteiger partial charge < -0.3 is 14.2 Å². The van der Waals surface area contributed by atoms with E-state index in [2.05, 4.69) is 13.8 Å². The minimum Gasteiger partial charge on any atom is -0.462 e. The van der Waals surface area contributed by atoms with Crippen molar-refractivity contribution in [1.29, 1.82) is 0 Å². The minimum atomic E-state index is -0.573. The number of Topliss-reactive ketones (excluding diaryl/α,β-unsaturated/α-hetero) is 1. The highest BCUT2D eigenvalue weighted by atomic mass is 16.6. The maximum atomic E-state index is 13.2. The van der Waals surface area contributed by atoms with E-state index in [0.717, 1.165) is 49.9 Å². The van der Waals surface area contributed by atoms with E-state index >= 15 is 0 Å². The molecule has 220 valence electrons. The molecule has 5 fully saturated rings. The van der Waals surface area contributed by atoms with Gasteiger partial charge in [0.2, 0.25) is 0 Å². The fourth-order valence-corrected chi connectivity index (χ4v) is 8.22. The summed E-state index contributed by atoms with van der Waals surface area (Å²) in [5.74, 6) is 0.282. The second kappa shape index (κ2) is 11.9. The van der Waals surface area contributed by atoms with Crippen LogP contribution in [0.2, 0.25) is 0 Å². The Morgan fingerprint density at radius 2 is 1.31 bits per heavy atom. The Balaban J connectivity index is 1.24. The summed E-state index contributed by atoms with van der Waals surface area (Å²) in [6.45, 7) is 9.70. The van der Waals surface area contributed by atoms with Crippen molar-refractivity contribution >= 4 is 23.7 Å². The molecule has 0 N–H and O–H groups in total. The minimum absolute atomic E-state index is 0.00466. The van der Waals surface area contributed by atoms with Gasteiger partial charge in [-0.2, -0.15) is 0 Å². The Morgan fingerprint density at radius 1 is 0.769 bits per heavy atom. The van der Waals surface area contributed by atoms with Gasteiger partial charge in [-0.3, -0.25) is 19.2 Å². The number of carbonyl (C=O) groups is 4. The second-order valence-electron chi connectivity index (χ2n) is 14.2. The highest BCUT2D eigenvalue weighted by molar-refractivity contribution is 5.89. The summed E-state index contributed by atoms with van der Waals surface area (Å²) >= 11 is 0. The molecule has 5 saturated carbocycles. The standard InChI is InChI=1S/C32H50O7/c1-6-30(2,3)29(36)38-14-13-37-28(35)25-10-8-7-9-24(25)26(33)11-12-27(34)39-31(4,5)32-18-21-15-22(19-32)17-23(16-21)20-32/h21-25H,6-20H2,1-5H3. The summed E-state index contributed by atoms with van der Waals surface area (Å²) in [4.78, 5) is 51.1. The van der Waals surface area contributed by atoms with Crippen molar-refractivity contribution in [2.45, 2.75) is 124 Å². The van der Waals surface area contributed by atoms with Crippen LogP contribution in [0, 0.1) is 40.4 Å². The molecule has 0 spiro atoms. The van der Waals surface area contributed by atoms with Crippen LogP contribution in [-0.4, -0.2) is 42.5 Å². The monoisotopic (exact) mass is 546 g/mol. The SMILES string of the molecule is CCC(C)(C)C(=O)OCCOC(=O)C1CCCCC1C(=O)CCC(=O)OC(C)(C)C12CC3CC(CC(C3)C1)C2. The van der Waals surface area contributed by atoms with Crippen LogP contribution in [0.25, 0.3) is 0 Å². The zero-order valence-corrected chi connectivity index (χ0v) is 24.9. The molecule has 5 aliphatic carbocycles. The van der Waals surface area contributed by atoms with Crippen molar-refractivity contribution in [2.24, 2.45) is 40.4 Å². The maximum absolute atomic E-state index is 13.2. The van der Waals surface area contributed by atoms with Crippen molar-refractivity contribution < 1.29 is 33.4 Å². The molecule has 0 aromatic heterocycles. The molecule has 0 aliphatic heterocycles. The normalized spacial score (nSPS) is 32.0. The number of carbonyl (C=O) groups excluding carboxylic acids is 4. The van der Waals surface area contributed by atoms with E-state index in [4.69, 9.17) is 14.2 Å². The molecule has 39 heavy (non-hydrogen) atoms. The lowest BCUT2D eigenvalue weighted by Gasteiger charge is -2.61. The molecule has 4 bridgehead atoms. The van der Waals surface area contributed by atoms with Gasteiger partial charge in [-0.1, -0.05) is 19.8 Å². The van der Waals surface area contributed by atoms with Crippen molar-refractivity contribution in [2.75, 3.05) is 13.2 Å². The van der Waals surface area contributed by atoms with Crippen LogP contribution in [-0.2, 0) is 33.4 Å². The molecule has 0 amide bonds. The molecule has 0 saturated heterocycles. The van der Waals surface area contributed by atoms with Crippen molar-refractivity contribution in [3.63, 3.8) is 0 Å². The molecule has 0 aromatic carbocycles. The lowest BCUT2D eigenvalue weighted by molar-refractivity contribution is -0.198. The molecule has 7 heteroatoms. The molecule has 5 aliphatic rings. The van der Waals surface area contributed by atoms with Crippen molar-refractivity contribution in [3.05, 3.63) is 0 Å². The third kappa shape index (κ3) is 6.70. The average molecular weight is 547 g/mol. The Labute approximate surface area is 234 Å². The first-order valence-electron chi connectivity index (χ1n) is 15.4. The molecular weight excluding hydrogens is 496 g/mol. The van der Waals surface area contributed by atoms with Gasteiger partial charge >= 0.3 is 17.9 Å². The number of hydrogen-bond acceptors (Lipinski definition) is 7. The summed E-state index contributed by atoms with van der Waals surface area (Å²) in [5, 5.41) is 0. The molecule has 0 aromatic rings. The van der Waals surface area contributed by atoms with Crippen LogP contribution in [0.15, 0.2) is 0 Å². The van der Waals surface area contributed by atoms with E-state index in [-0.39, 0.29) is 49.2 Å². The average Bonchev–Trinajstić information content (AvgIpc) is 2.88. The number of ether oxygens (including phenoxy) is 3. The van der Waals surface area contributed by atoms with E-state index in [1.165, 1.54) is 19.3 Å². The molecular formula is C32H50O7. The van der Waals surface area contributed by atoms with E-state index in [1.54, 1.807) is 0 Å². The van der Waals surface area contributed by atoms with Gasteiger partial charge in [0.05, 0.1) is 17.8 Å². The van der Waals surface area contributed by atoms with E-state index in [9.17, 15) is 19.2 Å². The van der Waals surface area contributed by atoms with E-state index in [0.29, 0.717) is 19.3 Å². The van der Waals surface area contributed by atoms with Gasteiger partial charge in [-0.05, 0) is 103 Å². The predicted molar refractivity (Wildman–Crippen MR) is 146 cm³/mol. The third-order valence-electron chi connectivity index (χ3n) is 10.7. The van der Waals surface area contributed by atoms with Crippen LogP contribution in [0.3, 0.4) is 0 Å². The summed E-state index contributed by atoms with van der Waals surface area (Å²) in [5.41, 5.74) is -1.03. The third-order valence-corrected chi connectivity index (χ3v) is 10.7. The molecule has 0 radical (unpaired) electrons. The Morgan fingerprint density at radius 3 is 1.87 bits per heavy atom. The number of hydrogen-bond donors (Lipinski definition) is 0. The van der Waals surface area contributed by atoms with Crippen molar-refractivity contribution in [3.8, 4) is 0 Å². The maximum Gasteiger partial charge on any atom is 0.311 e. The number of rotatable bonds is 12.